The number of hydrogen-bond acceptors (Lipinski definition) is 3. The molecule has 2 rings (SSSR count). The maximum atomic E-state index is 11.5. The summed E-state index contributed by atoms with van der Waals surface area (Å²) in [4.78, 5) is 20.4. The number of nitrogens with one attached hydrogen (secondary N) is 1. The molecule has 4 nitrogen and oxygen atoms in total. The summed E-state index contributed by atoms with van der Waals surface area (Å²) < 4.78 is 0.681. The predicted octanol–water partition coefficient (Wildman–Crippen LogP) is 2.00. The number of hydrogen-bond donors (Lipinski definition) is 1. The van der Waals surface area contributed by atoms with Crippen molar-refractivity contribution in [1.29, 1.82) is 0 Å². The molecule has 1 aliphatic carbocycles. The molecule has 0 radical (unpaired) electrons. The fourth-order valence-corrected chi connectivity index (χ4v) is 3.01. The third kappa shape index (κ3) is 2.56. The molecule has 16 heavy (non-hydrogen) atoms. The third-order valence-electron chi connectivity index (χ3n) is 3.15. The number of H-pyrrole nitrogens is 1. The Hall–Kier alpha value is -0.590. The Bertz CT molecular complexity index is 412. The van der Waals surface area contributed by atoms with Crippen LogP contribution in [0.2, 0.25) is 0 Å². The van der Waals surface area contributed by atoms with Crippen molar-refractivity contribution in [2.24, 2.45) is 5.92 Å². The van der Waals surface area contributed by atoms with E-state index in [1.807, 2.05) is 7.05 Å². The van der Waals surface area contributed by atoms with E-state index < -0.39 is 0 Å². The van der Waals surface area contributed by atoms with Crippen molar-refractivity contribution in [2.75, 3.05) is 18.5 Å². The summed E-state index contributed by atoms with van der Waals surface area (Å²) in [5.74, 6) is 1.57. The summed E-state index contributed by atoms with van der Waals surface area (Å²) >= 11 is 2.06. The number of aromatic amines is 1. The molecule has 0 aliphatic heterocycles. The summed E-state index contributed by atoms with van der Waals surface area (Å²) in [6.07, 6.45) is 6.79. The standard InChI is InChI=1S/C11H16IN3O/c1-15(6-8-4-2-3-5-8)10-9(12)11(16)14-7-13-10/h7-8H,2-6H2,1H3,(H,13,14,16). The molecule has 1 fully saturated rings. The highest BCUT2D eigenvalue weighted by atomic mass is 127. The maximum Gasteiger partial charge on any atom is 0.266 e. The average Bonchev–Trinajstić information content (AvgIpc) is 2.74. The van der Waals surface area contributed by atoms with Crippen LogP contribution < -0.4 is 10.5 Å². The minimum atomic E-state index is -0.0520. The van der Waals surface area contributed by atoms with Crippen molar-refractivity contribution in [3.05, 3.63) is 20.3 Å². The number of nitrogens with zero attached hydrogens (tertiary/aromatic N) is 2. The SMILES string of the molecule is CN(CC1CCCC1)c1nc[nH]c(=O)c1I. The Morgan fingerprint density at radius 2 is 2.25 bits per heavy atom. The third-order valence-corrected chi connectivity index (χ3v) is 4.12. The van der Waals surface area contributed by atoms with Crippen molar-refractivity contribution < 1.29 is 0 Å². The topological polar surface area (TPSA) is 49.0 Å². The molecule has 0 bridgehead atoms. The van der Waals surface area contributed by atoms with E-state index in [1.165, 1.54) is 32.0 Å². The maximum absolute atomic E-state index is 11.5. The van der Waals surface area contributed by atoms with Crippen molar-refractivity contribution in [3.63, 3.8) is 0 Å². The van der Waals surface area contributed by atoms with Gasteiger partial charge < -0.3 is 9.88 Å². The first-order valence-corrected chi connectivity index (χ1v) is 6.70. The molecule has 0 aromatic carbocycles. The van der Waals surface area contributed by atoms with E-state index >= 15 is 0 Å². The van der Waals surface area contributed by atoms with E-state index in [-0.39, 0.29) is 5.56 Å². The number of anilines is 1. The van der Waals surface area contributed by atoms with E-state index in [2.05, 4.69) is 37.5 Å². The Kier molecular flexibility index (Phi) is 3.83. The molecule has 1 heterocycles. The van der Waals surface area contributed by atoms with Crippen LogP contribution in [-0.4, -0.2) is 23.6 Å². The minimum Gasteiger partial charge on any atom is -0.358 e. The van der Waals surface area contributed by atoms with E-state index in [9.17, 15) is 4.79 Å². The fourth-order valence-electron chi connectivity index (χ4n) is 2.31. The van der Waals surface area contributed by atoms with Gasteiger partial charge in [0.25, 0.3) is 5.56 Å². The second-order valence-corrected chi connectivity index (χ2v) is 5.48. The fraction of sp³-hybridized carbons (Fsp3) is 0.636. The van der Waals surface area contributed by atoms with E-state index in [0.717, 1.165) is 18.3 Å². The van der Waals surface area contributed by atoms with Crippen LogP contribution in [-0.2, 0) is 0 Å². The lowest BCUT2D eigenvalue weighted by Gasteiger charge is -2.22. The molecule has 0 saturated heterocycles. The smallest absolute Gasteiger partial charge is 0.266 e. The van der Waals surface area contributed by atoms with E-state index in [4.69, 9.17) is 0 Å². The van der Waals surface area contributed by atoms with Gasteiger partial charge in [0.2, 0.25) is 0 Å². The van der Waals surface area contributed by atoms with Gasteiger partial charge in [0.1, 0.15) is 9.39 Å². The Balaban J connectivity index is 2.10. The van der Waals surface area contributed by atoms with Crippen molar-refractivity contribution in [1.82, 2.24) is 9.97 Å². The average molecular weight is 333 g/mol. The molecule has 0 spiro atoms. The van der Waals surface area contributed by atoms with Gasteiger partial charge in [-0.15, -0.1) is 0 Å². The first-order valence-electron chi connectivity index (χ1n) is 5.63. The molecule has 1 N–H and O–H groups in total. The number of aromatic nitrogens is 2. The zero-order chi connectivity index (χ0) is 11.5. The molecule has 1 aromatic rings. The summed E-state index contributed by atoms with van der Waals surface area (Å²) in [5.41, 5.74) is -0.0520. The zero-order valence-corrected chi connectivity index (χ0v) is 11.5. The molecule has 88 valence electrons. The van der Waals surface area contributed by atoms with Crippen LogP contribution in [0, 0.1) is 9.49 Å². The molecule has 1 aromatic heterocycles. The summed E-state index contributed by atoms with van der Waals surface area (Å²) in [6.45, 7) is 1.01. The minimum absolute atomic E-state index is 0.0520. The first-order chi connectivity index (χ1) is 7.68. The summed E-state index contributed by atoms with van der Waals surface area (Å²) in [6, 6.07) is 0. The zero-order valence-electron chi connectivity index (χ0n) is 9.37. The molecule has 1 aliphatic rings. The highest BCUT2D eigenvalue weighted by molar-refractivity contribution is 14.1. The Labute approximate surface area is 109 Å². The number of halogens is 1. The van der Waals surface area contributed by atoms with E-state index in [0.29, 0.717) is 3.57 Å². The lowest BCUT2D eigenvalue weighted by Crippen LogP contribution is -2.28. The molecule has 0 amide bonds. The van der Waals surface area contributed by atoms with Crippen LogP contribution in [0.15, 0.2) is 11.1 Å². The molecule has 0 atom stereocenters. The van der Waals surface area contributed by atoms with Gasteiger partial charge >= 0.3 is 0 Å². The Morgan fingerprint density at radius 1 is 1.56 bits per heavy atom. The summed E-state index contributed by atoms with van der Waals surface area (Å²) in [5, 5.41) is 0. The van der Waals surface area contributed by atoms with Crippen LogP contribution in [0.3, 0.4) is 0 Å². The Morgan fingerprint density at radius 3 is 2.94 bits per heavy atom. The lowest BCUT2D eigenvalue weighted by atomic mass is 10.1. The molecule has 5 heteroatoms. The van der Waals surface area contributed by atoms with Crippen LogP contribution in [0.1, 0.15) is 25.7 Å². The second kappa shape index (κ2) is 5.16. The van der Waals surface area contributed by atoms with Crippen molar-refractivity contribution in [2.45, 2.75) is 25.7 Å². The quantitative estimate of drug-likeness (QED) is 0.861. The van der Waals surface area contributed by atoms with Gasteiger partial charge in [-0.1, -0.05) is 12.8 Å². The normalized spacial score (nSPS) is 16.6. The van der Waals surface area contributed by atoms with Gasteiger partial charge in [0.15, 0.2) is 0 Å². The van der Waals surface area contributed by atoms with Gasteiger partial charge in [-0.05, 0) is 41.4 Å². The van der Waals surface area contributed by atoms with Crippen LogP contribution in [0.25, 0.3) is 0 Å². The largest absolute Gasteiger partial charge is 0.358 e. The predicted molar refractivity (Wildman–Crippen MR) is 72.8 cm³/mol. The van der Waals surface area contributed by atoms with Crippen LogP contribution in [0.5, 0.6) is 0 Å². The molecular weight excluding hydrogens is 317 g/mol. The van der Waals surface area contributed by atoms with Gasteiger partial charge in [-0.2, -0.15) is 0 Å². The van der Waals surface area contributed by atoms with Crippen molar-refractivity contribution >= 4 is 28.4 Å². The van der Waals surface area contributed by atoms with Crippen molar-refractivity contribution in [3.8, 4) is 0 Å². The van der Waals surface area contributed by atoms with Gasteiger partial charge in [-0.25, -0.2) is 4.98 Å². The second-order valence-electron chi connectivity index (χ2n) is 4.40. The lowest BCUT2D eigenvalue weighted by molar-refractivity contribution is 0.544. The number of rotatable bonds is 3. The van der Waals surface area contributed by atoms with Gasteiger partial charge in [0.05, 0.1) is 6.33 Å². The summed E-state index contributed by atoms with van der Waals surface area (Å²) in [7, 11) is 2.02. The van der Waals surface area contributed by atoms with Crippen LogP contribution >= 0.6 is 22.6 Å². The van der Waals surface area contributed by atoms with Gasteiger partial charge in [-0.3, -0.25) is 4.79 Å². The first kappa shape index (κ1) is 11.9. The van der Waals surface area contributed by atoms with E-state index in [1.54, 1.807) is 0 Å². The molecule has 1 saturated carbocycles. The van der Waals surface area contributed by atoms with Crippen LogP contribution in [0.4, 0.5) is 5.82 Å². The molecule has 0 unspecified atom stereocenters. The highest BCUT2D eigenvalue weighted by Gasteiger charge is 2.19. The van der Waals surface area contributed by atoms with Gasteiger partial charge in [0, 0.05) is 13.6 Å². The molecular formula is C11H16IN3O. The highest BCUT2D eigenvalue weighted by Crippen LogP contribution is 2.26. The monoisotopic (exact) mass is 333 g/mol.